The first-order chi connectivity index (χ1) is 14.5. The number of rotatable bonds is 12. The average Bonchev–Trinajstić information content (AvgIpc) is 2.63. The first-order valence-corrected chi connectivity index (χ1v) is 8.09. The smallest absolute Gasteiger partial charge is 0.550 e. The van der Waals surface area contributed by atoms with Gasteiger partial charge in [0.25, 0.3) is 0 Å². The Bertz CT molecular complexity index is 493. The quantitative estimate of drug-likeness (QED) is 0.200. The van der Waals surface area contributed by atoms with Crippen molar-refractivity contribution in [1.82, 2.24) is 0 Å². The van der Waals surface area contributed by atoms with Gasteiger partial charge in [-0.2, -0.15) is 0 Å². The number of aliphatic carboxylic acids is 8. The minimum atomic E-state index is -1.37. The van der Waals surface area contributed by atoms with Gasteiger partial charge in [0.1, 0.15) is 0 Å². The zero-order valence-corrected chi connectivity index (χ0v) is 20.3. The molecule has 34 heavy (non-hydrogen) atoms. The summed E-state index contributed by atoms with van der Waals surface area (Å²) in [6, 6.07) is 0. The van der Waals surface area contributed by atoms with E-state index in [0.29, 0.717) is 0 Å². The van der Waals surface area contributed by atoms with Gasteiger partial charge >= 0.3 is 43.4 Å². The summed E-state index contributed by atoms with van der Waals surface area (Å²) >= 11 is 0. The zero-order chi connectivity index (χ0) is 26.3. The van der Waals surface area contributed by atoms with Crippen LogP contribution >= 0.6 is 0 Å². The van der Waals surface area contributed by atoms with Gasteiger partial charge in [-0.3, -0.25) is 0 Å². The summed E-state index contributed by atoms with van der Waals surface area (Å²) in [5.74, 6) is -10.9. The molecular weight excluding hydrogens is 544 g/mol. The van der Waals surface area contributed by atoms with E-state index in [2.05, 4.69) is 0 Å². The van der Waals surface area contributed by atoms with E-state index >= 15 is 0 Å². The number of hydrogen-bond donors (Lipinski definition) is 0. The maximum absolute atomic E-state index is 9.50. The number of carboxylic acid groups (broad SMARTS) is 8. The van der Waals surface area contributed by atoms with E-state index in [1.54, 1.807) is 0 Å². The van der Waals surface area contributed by atoms with Gasteiger partial charge in [0.05, 0.1) is 0 Å². The second-order valence-corrected chi connectivity index (χ2v) is 4.98. The summed E-state index contributed by atoms with van der Waals surface area (Å²) < 4.78 is 0. The fourth-order valence-corrected chi connectivity index (χ4v) is 0.816. The Balaban J connectivity index is -0.0000000754. The van der Waals surface area contributed by atoms with Gasteiger partial charge in [-0.25, -0.2) is 0 Å². The summed E-state index contributed by atoms with van der Waals surface area (Å²) in [5.41, 5.74) is 0. The average molecular weight is 560 g/mol. The fourth-order valence-electron chi connectivity index (χ4n) is 0.816. The monoisotopic (exact) mass is 560 g/mol. The predicted octanol–water partition coefficient (Wildman–Crippen LogP) is -10.9. The Morgan fingerprint density at radius 3 is 0.353 bits per heavy atom. The van der Waals surface area contributed by atoms with Crippen molar-refractivity contribution in [3.8, 4) is 0 Å². The van der Waals surface area contributed by atoms with Crippen molar-refractivity contribution in [2.45, 2.75) is 51.4 Å². The van der Waals surface area contributed by atoms with Gasteiger partial charge in [0, 0.05) is 47.8 Å². The molecule has 0 bridgehead atoms. The first kappa shape index (κ1) is 44.8. The second kappa shape index (κ2) is 30.2. The minimum absolute atomic E-state index is 0. The van der Waals surface area contributed by atoms with Crippen LogP contribution in [0.1, 0.15) is 51.4 Å². The molecule has 0 aromatic rings. The van der Waals surface area contributed by atoms with Crippen molar-refractivity contribution in [2.24, 2.45) is 0 Å². The van der Waals surface area contributed by atoms with Crippen LogP contribution in [0.25, 0.3) is 0 Å². The molecule has 0 heterocycles. The van der Waals surface area contributed by atoms with Gasteiger partial charge in [0.2, 0.25) is 0 Å². The molecule has 0 aromatic carbocycles. The topological polar surface area (TPSA) is 321 Å². The van der Waals surface area contributed by atoms with Crippen molar-refractivity contribution in [3.63, 3.8) is 0 Å². The van der Waals surface area contributed by atoms with Gasteiger partial charge < -0.3 is 79.2 Å². The zero-order valence-electron chi connectivity index (χ0n) is 17.2. The standard InChI is InChI=1S/4C4H6O4.2Ti/c4*5-3(6)1-2-4(7)8;;/h4*1-2H2,(H,5,6)(H,7,8);;/q;;;;2*+4/p-8. The molecule has 0 aliphatic heterocycles. The molecule has 0 saturated heterocycles. The number of hydrogen-bond acceptors (Lipinski definition) is 16. The maximum atomic E-state index is 9.50. The van der Waals surface area contributed by atoms with E-state index in [9.17, 15) is 79.2 Å². The number of carbonyl (C=O) groups excluding carboxylic acids is 8. The van der Waals surface area contributed by atoms with Crippen molar-refractivity contribution in [3.05, 3.63) is 0 Å². The van der Waals surface area contributed by atoms with Crippen molar-refractivity contribution in [2.75, 3.05) is 0 Å². The molecule has 0 aromatic heterocycles. The molecule has 0 unspecified atom stereocenters. The van der Waals surface area contributed by atoms with Crippen LogP contribution in [0.5, 0.6) is 0 Å². The Morgan fingerprint density at radius 1 is 0.265 bits per heavy atom. The van der Waals surface area contributed by atoms with Crippen LogP contribution in [0.4, 0.5) is 0 Å². The first-order valence-electron chi connectivity index (χ1n) is 8.09. The van der Waals surface area contributed by atoms with E-state index in [-0.39, 0.29) is 43.4 Å². The Morgan fingerprint density at radius 2 is 0.324 bits per heavy atom. The maximum Gasteiger partial charge on any atom is 4.00 e. The molecule has 0 saturated carbocycles. The molecule has 0 rings (SSSR count). The van der Waals surface area contributed by atoms with Gasteiger partial charge in [0.15, 0.2) is 0 Å². The third kappa shape index (κ3) is 78.5. The number of carboxylic acids is 8. The summed E-state index contributed by atoms with van der Waals surface area (Å²) in [4.78, 5) is 76.0. The van der Waals surface area contributed by atoms with E-state index < -0.39 is 99.1 Å². The Kier molecular flexibility index (Phi) is 39.8. The summed E-state index contributed by atoms with van der Waals surface area (Å²) in [7, 11) is 0. The molecule has 18 heteroatoms. The second-order valence-electron chi connectivity index (χ2n) is 4.98. The molecule has 0 spiro atoms. The molecule has 0 fully saturated rings. The van der Waals surface area contributed by atoms with Crippen molar-refractivity contribution in [1.29, 1.82) is 0 Å². The molecule has 0 radical (unpaired) electrons. The molecule has 0 amide bonds. The van der Waals surface area contributed by atoms with Crippen LogP contribution in [0.2, 0.25) is 0 Å². The van der Waals surface area contributed by atoms with Gasteiger partial charge in [-0.15, -0.1) is 0 Å². The van der Waals surface area contributed by atoms with E-state index in [1.807, 2.05) is 0 Å². The Hall–Kier alpha value is -2.81. The van der Waals surface area contributed by atoms with Crippen LogP contribution < -0.4 is 40.9 Å². The van der Waals surface area contributed by atoms with Crippen molar-refractivity contribution >= 4 is 47.8 Å². The van der Waals surface area contributed by atoms with E-state index in [1.165, 1.54) is 0 Å². The van der Waals surface area contributed by atoms with E-state index in [0.717, 1.165) is 0 Å². The summed E-state index contributed by atoms with van der Waals surface area (Å²) in [6.07, 6.45) is -3.76. The molecule has 0 aliphatic carbocycles. The fraction of sp³-hybridized carbons (Fsp3) is 0.500. The van der Waals surface area contributed by atoms with Crippen LogP contribution in [-0.4, -0.2) is 47.8 Å². The van der Waals surface area contributed by atoms with Crippen LogP contribution in [0, 0.1) is 0 Å². The van der Waals surface area contributed by atoms with E-state index in [4.69, 9.17) is 0 Å². The van der Waals surface area contributed by atoms with Crippen LogP contribution in [0.15, 0.2) is 0 Å². The molecule has 0 N–H and O–H groups in total. The van der Waals surface area contributed by atoms with Gasteiger partial charge in [-0.1, -0.05) is 0 Å². The predicted molar refractivity (Wildman–Crippen MR) is 77.0 cm³/mol. The third-order valence-electron chi connectivity index (χ3n) is 2.13. The van der Waals surface area contributed by atoms with Gasteiger partial charge in [-0.05, 0) is 51.4 Å². The molecule has 184 valence electrons. The number of carbonyl (C=O) groups is 8. The van der Waals surface area contributed by atoms with Crippen LogP contribution in [-0.2, 0) is 81.8 Å². The minimum Gasteiger partial charge on any atom is -0.550 e. The molecule has 0 atom stereocenters. The molecule has 0 aliphatic rings. The third-order valence-corrected chi connectivity index (χ3v) is 2.13. The van der Waals surface area contributed by atoms with Crippen molar-refractivity contribution < 1.29 is 123 Å². The Labute approximate surface area is 221 Å². The largest absolute Gasteiger partial charge is 4.00 e. The normalized spacial score (nSPS) is 8.00. The summed E-state index contributed by atoms with van der Waals surface area (Å²) in [6.45, 7) is 0. The summed E-state index contributed by atoms with van der Waals surface area (Å²) in [5, 5.41) is 76.0. The molecular formula is C16H16O16Ti2. The SMILES string of the molecule is O=C([O-])CCC(=O)[O-].O=C([O-])CCC(=O)[O-].O=C([O-])CCC(=O)[O-].O=C([O-])CCC(=O)[O-].[Ti+4].[Ti+4]. The van der Waals surface area contributed by atoms with Crippen LogP contribution in [0.3, 0.4) is 0 Å². The molecule has 16 nitrogen and oxygen atoms in total.